The fraction of sp³-hybridized carbons (Fsp3) is 0.278. The Kier molecular flexibility index (Phi) is 4.44. The highest BCUT2D eigenvalue weighted by Gasteiger charge is 2.40. The third-order valence-electron chi connectivity index (χ3n) is 4.06. The van der Waals surface area contributed by atoms with Gasteiger partial charge in [-0.15, -0.1) is 11.8 Å². The van der Waals surface area contributed by atoms with Crippen LogP contribution in [0.15, 0.2) is 46.2 Å². The number of carbonyl (C=O) groups is 1. The van der Waals surface area contributed by atoms with Crippen LogP contribution >= 0.6 is 11.8 Å². The van der Waals surface area contributed by atoms with E-state index in [1.165, 1.54) is 22.8 Å². The van der Waals surface area contributed by atoms with Gasteiger partial charge in [0, 0.05) is 17.2 Å². The van der Waals surface area contributed by atoms with Crippen molar-refractivity contribution in [1.82, 2.24) is 4.31 Å². The van der Waals surface area contributed by atoms with Crippen molar-refractivity contribution in [3.63, 3.8) is 0 Å². The molecule has 0 radical (unpaired) electrons. The van der Waals surface area contributed by atoms with E-state index >= 15 is 0 Å². The lowest BCUT2D eigenvalue weighted by molar-refractivity contribution is 0.0876. The predicted octanol–water partition coefficient (Wildman–Crippen LogP) is 3.55. The molecule has 0 bridgehead atoms. The Labute approximate surface area is 146 Å². The molecule has 0 saturated heterocycles. The molecule has 0 spiro atoms. The molecule has 6 heteroatoms. The third kappa shape index (κ3) is 2.84. The summed E-state index contributed by atoms with van der Waals surface area (Å²) in [7, 11) is -3.71. The number of sulfonamides is 1. The van der Waals surface area contributed by atoms with Gasteiger partial charge in [0.05, 0.1) is 5.56 Å². The number of carbonyl (C=O) groups excluding carboxylic acids is 1. The van der Waals surface area contributed by atoms with Crippen molar-refractivity contribution >= 4 is 27.7 Å². The van der Waals surface area contributed by atoms with Gasteiger partial charge in [0.1, 0.15) is 4.90 Å². The minimum absolute atomic E-state index is 0.114. The van der Waals surface area contributed by atoms with Crippen molar-refractivity contribution in [3.8, 4) is 0 Å². The number of nitrogens with zero attached hydrogens (tertiary/aromatic N) is 1. The predicted molar refractivity (Wildman–Crippen MR) is 96.0 cm³/mol. The van der Waals surface area contributed by atoms with E-state index < -0.39 is 15.9 Å². The summed E-state index contributed by atoms with van der Waals surface area (Å²) in [5, 5.41) is 0. The first kappa shape index (κ1) is 17.0. The Morgan fingerprint density at radius 2 is 1.67 bits per heavy atom. The maximum Gasteiger partial charge on any atom is 0.269 e. The van der Waals surface area contributed by atoms with Crippen molar-refractivity contribution in [3.05, 3.63) is 58.7 Å². The maximum absolute atomic E-state index is 12.5. The fourth-order valence-electron chi connectivity index (χ4n) is 3.08. The van der Waals surface area contributed by atoms with Crippen molar-refractivity contribution < 1.29 is 13.2 Å². The van der Waals surface area contributed by atoms with Gasteiger partial charge in [-0.05, 0) is 44.0 Å². The van der Waals surface area contributed by atoms with Crippen LogP contribution in [0.2, 0.25) is 0 Å². The second-order valence-corrected chi connectivity index (χ2v) is 8.89. The lowest BCUT2D eigenvalue weighted by atomic mass is 10.1. The number of fused-ring (bicyclic) bond motifs is 1. The van der Waals surface area contributed by atoms with E-state index in [0.717, 1.165) is 9.20 Å². The zero-order chi connectivity index (χ0) is 17.5. The van der Waals surface area contributed by atoms with Crippen LogP contribution in [-0.2, 0) is 10.0 Å². The van der Waals surface area contributed by atoms with E-state index in [2.05, 4.69) is 32.9 Å². The number of thioether (sulfide) groups is 1. The second-order valence-electron chi connectivity index (χ2n) is 5.95. The molecule has 0 atom stereocenters. The molecule has 2 aromatic carbocycles. The van der Waals surface area contributed by atoms with Gasteiger partial charge in [-0.2, -0.15) is 0 Å². The average Bonchev–Trinajstić information content (AvgIpc) is 2.70. The van der Waals surface area contributed by atoms with E-state index in [9.17, 15) is 13.2 Å². The van der Waals surface area contributed by atoms with Crippen LogP contribution in [0.3, 0.4) is 0 Å². The summed E-state index contributed by atoms with van der Waals surface area (Å²) in [6.45, 7) is 6.33. The normalized spacial score (nSPS) is 15.6. The molecule has 3 rings (SSSR count). The molecule has 1 amide bonds. The summed E-state index contributed by atoms with van der Waals surface area (Å²) in [6, 6.07) is 10.6. The second kappa shape index (κ2) is 6.26. The minimum Gasteiger partial charge on any atom is -0.268 e. The summed E-state index contributed by atoms with van der Waals surface area (Å²) in [4.78, 5) is 13.6. The highest BCUT2D eigenvalue weighted by Crippen LogP contribution is 2.32. The molecule has 0 saturated carbocycles. The molecule has 0 aromatic heterocycles. The van der Waals surface area contributed by atoms with Crippen LogP contribution in [-0.4, -0.2) is 30.9 Å². The van der Waals surface area contributed by atoms with Crippen LogP contribution in [0.5, 0.6) is 0 Å². The molecular formula is C18H19NO3S2. The van der Waals surface area contributed by atoms with Crippen molar-refractivity contribution in [2.24, 2.45) is 0 Å². The molecule has 0 N–H and O–H groups in total. The summed E-state index contributed by atoms with van der Waals surface area (Å²) < 4.78 is 26.0. The van der Waals surface area contributed by atoms with Gasteiger partial charge >= 0.3 is 0 Å². The first-order chi connectivity index (χ1) is 11.3. The Morgan fingerprint density at radius 3 is 2.29 bits per heavy atom. The van der Waals surface area contributed by atoms with Crippen molar-refractivity contribution in [1.29, 1.82) is 0 Å². The molecule has 24 heavy (non-hydrogen) atoms. The standard InChI is InChI=1S/C18H19NO3S2/c1-12-10-13(2)17(14(3)11-12)23-9-8-19-18(20)15-6-4-5-7-16(15)24(19,21)22/h4-7,10-11H,8-9H2,1-3H3. The van der Waals surface area contributed by atoms with E-state index in [1.54, 1.807) is 30.0 Å². The highest BCUT2D eigenvalue weighted by molar-refractivity contribution is 7.99. The molecule has 0 fully saturated rings. The number of rotatable bonds is 4. The Bertz CT molecular complexity index is 897. The van der Waals surface area contributed by atoms with E-state index in [-0.39, 0.29) is 17.0 Å². The van der Waals surface area contributed by atoms with Gasteiger partial charge in [-0.1, -0.05) is 29.8 Å². The maximum atomic E-state index is 12.5. The van der Waals surface area contributed by atoms with Gasteiger partial charge in [-0.25, -0.2) is 12.7 Å². The number of amides is 1. The summed E-state index contributed by atoms with van der Waals surface area (Å²) >= 11 is 1.59. The molecule has 4 nitrogen and oxygen atoms in total. The topological polar surface area (TPSA) is 54.5 Å². The number of hydrogen-bond donors (Lipinski definition) is 0. The Balaban J connectivity index is 1.76. The largest absolute Gasteiger partial charge is 0.269 e. The number of hydrogen-bond acceptors (Lipinski definition) is 4. The van der Waals surface area contributed by atoms with Crippen molar-refractivity contribution in [2.75, 3.05) is 12.3 Å². The molecule has 126 valence electrons. The third-order valence-corrected chi connectivity index (χ3v) is 7.22. The zero-order valence-corrected chi connectivity index (χ0v) is 15.5. The highest BCUT2D eigenvalue weighted by atomic mass is 32.2. The molecule has 0 unspecified atom stereocenters. The van der Waals surface area contributed by atoms with Crippen molar-refractivity contribution in [2.45, 2.75) is 30.6 Å². The molecule has 0 aliphatic carbocycles. The van der Waals surface area contributed by atoms with E-state index in [0.29, 0.717) is 5.75 Å². The van der Waals surface area contributed by atoms with Gasteiger partial charge in [-0.3, -0.25) is 4.79 Å². The lowest BCUT2D eigenvalue weighted by Gasteiger charge is -2.16. The number of aryl methyl sites for hydroxylation is 3. The molecular weight excluding hydrogens is 342 g/mol. The molecule has 1 heterocycles. The minimum atomic E-state index is -3.71. The Hall–Kier alpha value is -1.79. The quantitative estimate of drug-likeness (QED) is 0.782. The number of benzene rings is 2. The van der Waals surface area contributed by atoms with Crippen LogP contribution in [0.1, 0.15) is 27.0 Å². The fourth-order valence-corrected chi connectivity index (χ4v) is 5.81. The van der Waals surface area contributed by atoms with Crippen LogP contribution in [0.4, 0.5) is 0 Å². The molecule has 1 aliphatic rings. The van der Waals surface area contributed by atoms with Gasteiger partial charge in [0.2, 0.25) is 0 Å². The molecule has 1 aliphatic heterocycles. The van der Waals surface area contributed by atoms with E-state index in [1.807, 2.05) is 0 Å². The van der Waals surface area contributed by atoms with Crippen LogP contribution in [0, 0.1) is 20.8 Å². The van der Waals surface area contributed by atoms with Crippen LogP contribution in [0.25, 0.3) is 0 Å². The first-order valence-corrected chi connectivity index (χ1v) is 10.1. The average molecular weight is 361 g/mol. The van der Waals surface area contributed by atoms with Gasteiger partial charge in [0.25, 0.3) is 15.9 Å². The zero-order valence-electron chi connectivity index (χ0n) is 13.9. The lowest BCUT2D eigenvalue weighted by Crippen LogP contribution is -2.32. The van der Waals surface area contributed by atoms with Gasteiger partial charge in [0.15, 0.2) is 0 Å². The van der Waals surface area contributed by atoms with E-state index in [4.69, 9.17) is 0 Å². The SMILES string of the molecule is Cc1cc(C)c(SCCN2C(=O)c3ccccc3S2(=O)=O)c(C)c1. The smallest absolute Gasteiger partial charge is 0.268 e. The Morgan fingerprint density at radius 1 is 1.04 bits per heavy atom. The molecule has 2 aromatic rings. The summed E-state index contributed by atoms with van der Waals surface area (Å²) in [5.74, 6) is 0.104. The monoisotopic (exact) mass is 361 g/mol. The van der Waals surface area contributed by atoms with Crippen LogP contribution < -0.4 is 0 Å². The summed E-state index contributed by atoms with van der Waals surface area (Å²) in [5.41, 5.74) is 3.83. The summed E-state index contributed by atoms with van der Waals surface area (Å²) in [6.07, 6.45) is 0. The first-order valence-electron chi connectivity index (χ1n) is 7.69. The van der Waals surface area contributed by atoms with Gasteiger partial charge < -0.3 is 0 Å².